The predicted octanol–water partition coefficient (Wildman–Crippen LogP) is 4.57. The summed E-state index contributed by atoms with van der Waals surface area (Å²) in [4.78, 5) is 37.5. The van der Waals surface area contributed by atoms with E-state index >= 15 is 0 Å². The van der Waals surface area contributed by atoms with E-state index in [1.165, 1.54) is 12.1 Å². The van der Waals surface area contributed by atoms with Gasteiger partial charge in [-0.1, -0.05) is 34.8 Å². The van der Waals surface area contributed by atoms with Gasteiger partial charge in [-0.15, -0.1) is 0 Å². The van der Waals surface area contributed by atoms with Crippen LogP contribution in [0.3, 0.4) is 0 Å². The number of nitrogens with one attached hydrogen (secondary N) is 1. The van der Waals surface area contributed by atoms with Gasteiger partial charge >= 0.3 is 5.97 Å². The normalized spacial score (nSPS) is 13.5. The van der Waals surface area contributed by atoms with Gasteiger partial charge in [0.25, 0.3) is 5.91 Å². The minimum atomic E-state index is -0.658. The molecule has 1 N–H and O–H groups in total. The molecular weight excluding hydrogens is 427 g/mol. The van der Waals surface area contributed by atoms with Crippen molar-refractivity contribution in [2.45, 2.75) is 12.8 Å². The van der Waals surface area contributed by atoms with E-state index in [0.717, 1.165) is 12.1 Å². The minimum absolute atomic E-state index is 0.0629. The summed E-state index contributed by atoms with van der Waals surface area (Å²) in [5.41, 5.74) is 1.26. The zero-order valence-electron chi connectivity index (χ0n) is 14.5. The summed E-state index contributed by atoms with van der Waals surface area (Å²) >= 11 is 17.7. The fraction of sp³-hybridized carbons (Fsp3) is 0.211. The van der Waals surface area contributed by atoms with Gasteiger partial charge in [-0.2, -0.15) is 0 Å². The average Bonchev–Trinajstić information content (AvgIpc) is 3.10. The van der Waals surface area contributed by atoms with E-state index in [0.29, 0.717) is 13.0 Å². The molecule has 9 heteroatoms. The second kappa shape index (κ2) is 8.82. The predicted molar refractivity (Wildman–Crippen MR) is 108 cm³/mol. The van der Waals surface area contributed by atoms with Crippen LogP contribution in [0.5, 0.6) is 0 Å². The molecule has 0 spiro atoms. The van der Waals surface area contributed by atoms with Crippen LogP contribution in [-0.2, 0) is 14.3 Å². The maximum Gasteiger partial charge on any atom is 0.338 e. The van der Waals surface area contributed by atoms with Crippen molar-refractivity contribution in [1.29, 1.82) is 0 Å². The molecule has 0 aliphatic carbocycles. The number of nitrogens with zero attached hydrogens (tertiary/aromatic N) is 1. The molecule has 0 unspecified atom stereocenters. The molecule has 1 aliphatic rings. The summed E-state index contributed by atoms with van der Waals surface area (Å²) in [5, 5.41) is 3.20. The standard InChI is InChI=1S/C19H15Cl3N2O4/c20-13-8-15(22)16(9-14(13)21)23-17(25)10-28-19(27)11-3-5-12(6-4-11)24-7-1-2-18(24)26/h3-6,8-9H,1-2,7,10H2,(H,23,25). The van der Waals surface area contributed by atoms with E-state index in [4.69, 9.17) is 39.5 Å². The van der Waals surface area contributed by atoms with Crippen LogP contribution in [0.1, 0.15) is 23.2 Å². The van der Waals surface area contributed by atoms with Crippen LogP contribution in [0.15, 0.2) is 36.4 Å². The van der Waals surface area contributed by atoms with Crippen molar-refractivity contribution in [1.82, 2.24) is 0 Å². The van der Waals surface area contributed by atoms with Crippen molar-refractivity contribution in [2.24, 2.45) is 0 Å². The van der Waals surface area contributed by atoms with Gasteiger partial charge in [0, 0.05) is 18.7 Å². The first-order chi connectivity index (χ1) is 13.3. The molecule has 1 aliphatic heterocycles. The Hall–Kier alpha value is -2.28. The van der Waals surface area contributed by atoms with Gasteiger partial charge in [-0.3, -0.25) is 9.59 Å². The maximum atomic E-state index is 12.1. The molecule has 146 valence electrons. The van der Waals surface area contributed by atoms with Gasteiger partial charge in [0.15, 0.2) is 6.61 Å². The smallest absolute Gasteiger partial charge is 0.338 e. The fourth-order valence-electron chi connectivity index (χ4n) is 2.72. The van der Waals surface area contributed by atoms with Crippen molar-refractivity contribution in [2.75, 3.05) is 23.4 Å². The number of benzene rings is 2. The number of rotatable bonds is 5. The Morgan fingerprint density at radius 2 is 1.71 bits per heavy atom. The Kier molecular flexibility index (Phi) is 6.44. The topological polar surface area (TPSA) is 75.7 Å². The lowest BCUT2D eigenvalue weighted by molar-refractivity contribution is -0.119. The van der Waals surface area contributed by atoms with Gasteiger partial charge < -0.3 is 15.0 Å². The molecule has 0 aromatic heterocycles. The molecule has 2 amide bonds. The lowest BCUT2D eigenvalue weighted by Crippen LogP contribution is -2.23. The van der Waals surface area contributed by atoms with Gasteiger partial charge in [0.05, 0.1) is 26.3 Å². The Morgan fingerprint density at radius 3 is 2.36 bits per heavy atom. The van der Waals surface area contributed by atoms with Crippen LogP contribution >= 0.6 is 34.8 Å². The number of anilines is 2. The largest absolute Gasteiger partial charge is 0.452 e. The van der Waals surface area contributed by atoms with Crippen LogP contribution in [0.4, 0.5) is 11.4 Å². The molecular formula is C19H15Cl3N2O4. The number of hydrogen-bond acceptors (Lipinski definition) is 4. The highest BCUT2D eigenvalue weighted by Gasteiger charge is 2.22. The van der Waals surface area contributed by atoms with E-state index < -0.39 is 18.5 Å². The molecule has 1 saturated heterocycles. The zero-order chi connectivity index (χ0) is 20.3. The molecule has 3 rings (SSSR count). The van der Waals surface area contributed by atoms with Crippen molar-refractivity contribution in [3.8, 4) is 0 Å². The first-order valence-electron chi connectivity index (χ1n) is 8.37. The van der Waals surface area contributed by atoms with Crippen molar-refractivity contribution >= 4 is 64.0 Å². The Balaban J connectivity index is 1.55. The first-order valence-corrected chi connectivity index (χ1v) is 9.50. The zero-order valence-corrected chi connectivity index (χ0v) is 16.8. The summed E-state index contributed by atoms with van der Waals surface area (Å²) < 4.78 is 5.01. The second-order valence-electron chi connectivity index (χ2n) is 6.07. The van der Waals surface area contributed by atoms with E-state index in [1.807, 2.05) is 0 Å². The SMILES string of the molecule is O=C(COC(=O)c1ccc(N2CCCC2=O)cc1)Nc1cc(Cl)c(Cl)cc1Cl. The lowest BCUT2D eigenvalue weighted by atomic mass is 10.2. The van der Waals surface area contributed by atoms with Crippen LogP contribution in [0.2, 0.25) is 15.1 Å². The number of carbonyl (C=O) groups excluding carboxylic acids is 3. The summed E-state index contributed by atoms with van der Waals surface area (Å²) in [6.45, 7) is 0.168. The van der Waals surface area contributed by atoms with Crippen LogP contribution in [0, 0.1) is 0 Å². The van der Waals surface area contributed by atoms with Gasteiger partial charge in [0.2, 0.25) is 5.91 Å². The lowest BCUT2D eigenvalue weighted by Gasteiger charge is -2.15. The number of esters is 1. The molecule has 2 aromatic carbocycles. The number of carbonyl (C=O) groups is 3. The van der Waals surface area contributed by atoms with Gasteiger partial charge in [-0.05, 0) is 42.8 Å². The number of ether oxygens (including phenoxy) is 1. The Bertz CT molecular complexity index is 932. The highest BCUT2D eigenvalue weighted by molar-refractivity contribution is 6.44. The minimum Gasteiger partial charge on any atom is -0.452 e. The second-order valence-corrected chi connectivity index (χ2v) is 7.29. The van der Waals surface area contributed by atoms with Crippen LogP contribution in [-0.4, -0.2) is 30.9 Å². The monoisotopic (exact) mass is 440 g/mol. The molecule has 0 atom stereocenters. The number of halogens is 3. The summed E-state index contributed by atoms with van der Waals surface area (Å²) in [7, 11) is 0. The molecule has 0 radical (unpaired) electrons. The van der Waals surface area contributed by atoms with E-state index in [2.05, 4.69) is 5.32 Å². The molecule has 28 heavy (non-hydrogen) atoms. The third-order valence-electron chi connectivity index (χ3n) is 4.11. The summed E-state index contributed by atoms with van der Waals surface area (Å²) in [6, 6.07) is 9.27. The quantitative estimate of drug-likeness (QED) is 0.545. The highest BCUT2D eigenvalue weighted by atomic mass is 35.5. The van der Waals surface area contributed by atoms with E-state index in [9.17, 15) is 14.4 Å². The van der Waals surface area contributed by atoms with E-state index in [-0.39, 0.29) is 32.2 Å². The molecule has 1 fully saturated rings. The molecule has 0 saturated carbocycles. The third kappa shape index (κ3) is 4.76. The molecule has 1 heterocycles. The average molecular weight is 442 g/mol. The Labute approximate surface area is 176 Å². The third-order valence-corrected chi connectivity index (χ3v) is 5.14. The van der Waals surface area contributed by atoms with Gasteiger partial charge in [-0.25, -0.2) is 4.79 Å². The van der Waals surface area contributed by atoms with Crippen molar-refractivity contribution in [3.63, 3.8) is 0 Å². The fourth-order valence-corrected chi connectivity index (χ4v) is 3.31. The van der Waals surface area contributed by atoms with Crippen LogP contribution in [0.25, 0.3) is 0 Å². The summed E-state index contributed by atoms with van der Waals surface area (Å²) in [5.74, 6) is -1.17. The molecule has 2 aromatic rings. The molecule has 0 bridgehead atoms. The highest BCUT2D eigenvalue weighted by Crippen LogP contribution is 2.32. The first kappa shape index (κ1) is 20.5. The molecule has 6 nitrogen and oxygen atoms in total. The van der Waals surface area contributed by atoms with E-state index in [1.54, 1.807) is 29.2 Å². The number of amides is 2. The van der Waals surface area contributed by atoms with Crippen molar-refractivity contribution in [3.05, 3.63) is 57.0 Å². The summed E-state index contributed by atoms with van der Waals surface area (Å²) in [6.07, 6.45) is 1.35. The van der Waals surface area contributed by atoms with Crippen LogP contribution < -0.4 is 10.2 Å². The Morgan fingerprint density at radius 1 is 1.04 bits per heavy atom. The van der Waals surface area contributed by atoms with Crippen molar-refractivity contribution < 1.29 is 19.1 Å². The maximum absolute atomic E-state index is 12.1. The van der Waals surface area contributed by atoms with Gasteiger partial charge in [0.1, 0.15) is 0 Å². The number of hydrogen-bond donors (Lipinski definition) is 1.